The van der Waals surface area contributed by atoms with Gasteiger partial charge in [0.2, 0.25) is 0 Å². The zero-order chi connectivity index (χ0) is 10.9. The summed E-state index contributed by atoms with van der Waals surface area (Å²) in [5.41, 5.74) is 0. The molecule has 0 radical (unpaired) electrons. The van der Waals surface area contributed by atoms with Crippen LogP contribution in [0, 0.1) is 0 Å². The lowest BCUT2D eigenvalue weighted by Gasteiger charge is -2.19. The van der Waals surface area contributed by atoms with Crippen LogP contribution in [-0.4, -0.2) is 30.6 Å². The van der Waals surface area contributed by atoms with Crippen molar-refractivity contribution in [1.29, 1.82) is 0 Å². The van der Waals surface area contributed by atoms with Crippen LogP contribution >= 0.6 is 0 Å². The molecule has 0 aliphatic heterocycles. The average molecular weight is 216 g/mol. The molecule has 0 bridgehead atoms. The Hall–Kier alpha value is -0.610. The molecule has 88 valence electrons. The number of aliphatic hydroxyl groups is 1. The van der Waals surface area contributed by atoms with Crippen LogP contribution < -0.4 is 0 Å². The number of rotatable bonds is 4. The largest absolute Gasteiger partial charge is 0.437 e. The van der Waals surface area contributed by atoms with E-state index in [1.165, 1.54) is 32.1 Å². The van der Waals surface area contributed by atoms with Gasteiger partial charge in [0.1, 0.15) is 6.61 Å². The van der Waals surface area contributed by atoms with Crippen molar-refractivity contribution in [2.75, 3.05) is 13.4 Å². The van der Waals surface area contributed by atoms with Crippen molar-refractivity contribution in [2.45, 2.75) is 51.0 Å². The lowest BCUT2D eigenvalue weighted by molar-refractivity contribution is -0.164. The van der Waals surface area contributed by atoms with Crippen LogP contribution in [0.1, 0.15) is 44.9 Å². The monoisotopic (exact) mass is 216 g/mol. The summed E-state index contributed by atoms with van der Waals surface area (Å²) < 4.78 is 10.1. The molecule has 1 fully saturated rings. The molecule has 0 spiro atoms. The van der Waals surface area contributed by atoms with E-state index in [9.17, 15) is 4.79 Å². The molecule has 0 saturated heterocycles. The molecule has 0 aromatic carbocycles. The van der Waals surface area contributed by atoms with Gasteiger partial charge in [0.15, 0.2) is 6.79 Å². The van der Waals surface area contributed by atoms with Crippen molar-refractivity contribution in [2.24, 2.45) is 0 Å². The summed E-state index contributed by atoms with van der Waals surface area (Å²) in [5, 5.41) is 8.42. The maximum Gasteiger partial charge on any atom is 0.333 e. The number of hydrogen-bond donors (Lipinski definition) is 1. The third-order valence-electron chi connectivity index (χ3n) is 2.70. The van der Waals surface area contributed by atoms with Gasteiger partial charge in [-0.1, -0.05) is 32.1 Å². The van der Waals surface area contributed by atoms with E-state index in [1.54, 1.807) is 0 Å². The first-order chi connectivity index (χ1) is 7.33. The van der Waals surface area contributed by atoms with Crippen LogP contribution in [0.2, 0.25) is 0 Å². The lowest BCUT2D eigenvalue weighted by atomic mass is 9.99. The minimum absolute atomic E-state index is 0.0237. The molecule has 1 rings (SSSR count). The van der Waals surface area contributed by atoms with Crippen LogP contribution in [0.3, 0.4) is 0 Å². The van der Waals surface area contributed by atoms with Crippen molar-refractivity contribution in [1.82, 2.24) is 0 Å². The topological polar surface area (TPSA) is 55.8 Å². The standard InChI is InChI=1S/C11H20O4/c12-8-11(13)15-9-14-10-6-4-2-1-3-5-7-10/h10,12H,1-9H2. The van der Waals surface area contributed by atoms with E-state index in [0.29, 0.717) is 0 Å². The normalized spacial score (nSPS) is 19.3. The molecule has 1 aliphatic rings. The molecule has 0 atom stereocenters. The van der Waals surface area contributed by atoms with Gasteiger partial charge in [0.05, 0.1) is 6.10 Å². The van der Waals surface area contributed by atoms with Gasteiger partial charge in [-0.05, 0) is 12.8 Å². The molecule has 0 aromatic rings. The van der Waals surface area contributed by atoms with E-state index in [-0.39, 0.29) is 12.9 Å². The Balaban J connectivity index is 2.09. The molecule has 1 aliphatic carbocycles. The Morgan fingerprint density at radius 1 is 1.13 bits per heavy atom. The number of aliphatic hydroxyl groups excluding tert-OH is 1. The number of carbonyl (C=O) groups is 1. The van der Waals surface area contributed by atoms with Gasteiger partial charge in [-0.3, -0.25) is 0 Å². The fraction of sp³-hybridized carbons (Fsp3) is 0.909. The summed E-state index contributed by atoms with van der Waals surface area (Å²) in [6, 6.07) is 0. The first-order valence-corrected chi connectivity index (χ1v) is 5.71. The zero-order valence-electron chi connectivity index (χ0n) is 9.11. The van der Waals surface area contributed by atoms with E-state index >= 15 is 0 Å². The number of esters is 1. The Kier molecular flexibility index (Phi) is 6.36. The van der Waals surface area contributed by atoms with Gasteiger partial charge < -0.3 is 14.6 Å². The van der Waals surface area contributed by atoms with Crippen LogP contribution in [0.15, 0.2) is 0 Å². The predicted octanol–water partition coefficient (Wildman–Crippen LogP) is 1.61. The maximum atomic E-state index is 10.6. The minimum atomic E-state index is -0.624. The second kappa shape index (κ2) is 7.65. The predicted molar refractivity (Wildman–Crippen MR) is 55.2 cm³/mol. The highest BCUT2D eigenvalue weighted by Gasteiger charge is 2.12. The van der Waals surface area contributed by atoms with Gasteiger partial charge in [-0.15, -0.1) is 0 Å². The summed E-state index contributed by atoms with van der Waals surface area (Å²) in [5.74, 6) is -0.624. The van der Waals surface area contributed by atoms with Gasteiger partial charge >= 0.3 is 5.97 Å². The molecule has 0 aromatic heterocycles. The molecule has 1 saturated carbocycles. The number of carbonyl (C=O) groups excluding carboxylic acids is 1. The summed E-state index contributed by atoms with van der Waals surface area (Å²) >= 11 is 0. The van der Waals surface area contributed by atoms with Gasteiger partial charge in [-0.25, -0.2) is 4.79 Å². The summed E-state index contributed by atoms with van der Waals surface area (Å²) in [6.45, 7) is -0.599. The fourth-order valence-corrected chi connectivity index (χ4v) is 1.83. The number of ether oxygens (including phenoxy) is 2. The lowest BCUT2D eigenvalue weighted by Crippen LogP contribution is -2.19. The summed E-state index contributed by atoms with van der Waals surface area (Å²) in [6.07, 6.45) is 8.58. The zero-order valence-corrected chi connectivity index (χ0v) is 9.11. The third kappa shape index (κ3) is 5.74. The van der Waals surface area contributed by atoms with Crippen molar-refractivity contribution in [3.8, 4) is 0 Å². The maximum absolute atomic E-state index is 10.6. The SMILES string of the molecule is O=C(CO)OCOC1CCCCCCC1. The first kappa shape index (κ1) is 12.5. The molecular weight excluding hydrogens is 196 g/mol. The Morgan fingerprint density at radius 2 is 1.73 bits per heavy atom. The molecule has 0 amide bonds. The highest BCUT2D eigenvalue weighted by Crippen LogP contribution is 2.19. The van der Waals surface area contributed by atoms with E-state index in [0.717, 1.165) is 12.8 Å². The number of hydrogen-bond acceptors (Lipinski definition) is 4. The molecule has 15 heavy (non-hydrogen) atoms. The van der Waals surface area contributed by atoms with Gasteiger partial charge in [-0.2, -0.15) is 0 Å². The smallest absolute Gasteiger partial charge is 0.333 e. The molecule has 1 N–H and O–H groups in total. The van der Waals surface area contributed by atoms with E-state index in [2.05, 4.69) is 4.74 Å². The van der Waals surface area contributed by atoms with E-state index in [4.69, 9.17) is 9.84 Å². The highest BCUT2D eigenvalue weighted by atomic mass is 16.7. The Labute approximate surface area is 90.6 Å². The third-order valence-corrected chi connectivity index (χ3v) is 2.70. The summed E-state index contributed by atoms with van der Waals surface area (Å²) in [4.78, 5) is 10.6. The average Bonchev–Trinajstić information content (AvgIpc) is 2.20. The molecule has 4 heteroatoms. The molecular formula is C11H20O4. The highest BCUT2D eigenvalue weighted by molar-refractivity contribution is 5.70. The Bertz CT molecular complexity index is 173. The van der Waals surface area contributed by atoms with Crippen LogP contribution in [-0.2, 0) is 14.3 Å². The molecule has 0 heterocycles. The van der Waals surface area contributed by atoms with Crippen LogP contribution in [0.4, 0.5) is 0 Å². The van der Waals surface area contributed by atoms with Gasteiger partial charge in [0, 0.05) is 0 Å². The fourth-order valence-electron chi connectivity index (χ4n) is 1.83. The quantitative estimate of drug-likeness (QED) is 0.573. The minimum Gasteiger partial charge on any atom is -0.437 e. The van der Waals surface area contributed by atoms with E-state index in [1.807, 2.05) is 0 Å². The van der Waals surface area contributed by atoms with Crippen molar-refractivity contribution < 1.29 is 19.4 Å². The molecule has 0 unspecified atom stereocenters. The second-order valence-electron chi connectivity index (χ2n) is 3.93. The second-order valence-corrected chi connectivity index (χ2v) is 3.93. The van der Waals surface area contributed by atoms with E-state index < -0.39 is 12.6 Å². The van der Waals surface area contributed by atoms with Crippen LogP contribution in [0.25, 0.3) is 0 Å². The molecule has 4 nitrogen and oxygen atoms in total. The Morgan fingerprint density at radius 3 is 2.33 bits per heavy atom. The van der Waals surface area contributed by atoms with Crippen molar-refractivity contribution in [3.63, 3.8) is 0 Å². The van der Waals surface area contributed by atoms with Crippen molar-refractivity contribution >= 4 is 5.97 Å². The summed E-state index contributed by atoms with van der Waals surface area (Å²) in [7, 11) is 0. The van der Waals surface area contributed by atoms with Crippen LogP contribution in [0.5, 0.6) is 0 Å². The van der Waals surface area contributed by atoms with Crippen molar-refractivity contribution in [3.05, 3.63) is 0 Å². The van der Waals surface area contributed by atoms with Gasteiger partial charge in [0.25, 0.3) is 0 Å². The first-order valence-electron chi connectivity index (χ1n) is 5.71.